The maximum absolute atomic E-state index is 13.8. The van der Waals surface area contributed by atoms with Crippen LogP contribution in [-0.2, 0) is 16.1 Å². The summed E-state index contributed by atoms with van der Waals surface area (Å²) in [5, 5.41) is 5.43. The first-order valence-corrected chi connectivity index (χ1v) is 17.1. The SMILES string of the molecule is C=CC(=O)Nc1cc(Nc2ncc3c(n2)N(C2CCOCC2)C(=O)N(CC(F)(F)F)C3)c(OC(F)(F)F)cc1N1CCC(N2CCN(C)CC2)CC1. The van der Waals surface area contributed by atoms with Crippen molar-refractivity contribution < 1.29 is 45.4 Å². The number of hydrogen-bond acceptors (Lipinski definition) is 10. The molecule has 3 amide bonds. The van der Waals surface area contributed by atoms with Crippen molar-refractivity contribution in [2.45, 2.75) is 56.9 Å². The van der Waals surface area contributed by atoms with Gasteiger partial charge in [0.05, 0.1) is 23.6 Å². The Morgan fingerprint density at radius 2 is 1.69 bits per heavy atom. The van der Waals surface area contributed by atoms with Crippen molar-refractivity contribution in [1.29, 1.82) is 0 Å². The number of hydrogen-bond donors (Lipinski definition) is 2. The smallest absolute Gasteiger partial charge is 0.403 e. The van der Waals surface area contributed by atoms with Gasteiger partial charge in [-0.25, -0.2) is 9.78 Å². The van der Waals surface area contributed by atoms with Crippen LogP contribution in [0.25, 0.3) is 0 Å². The number of carbonyl (C=O) groups is 2. The fraction of sp³-hybridized carbons (Fsp3) is 0.576. The molecule has 13 nitrogen and oxygen atoms in total. The predicted molar refractivity (Wildman–Crippen MR) is 180 cm³/mol. The molecule has 0 unspecified atom stereocenters. The second kappa shape index (κ2) is 15.3. The summed E-state index contributed by atoms with van der Waals surface area (Å²) >= 11 is 0. The zero-order valence-corrected chi connectivity index (χ0v) is 28.6. The van der Waals surface area contributed by atoms with Gasteiger partial charge in [0.15, 0.2) is 5.75 Å². The molecule has 3 fully saturated rings. The number of fused-ring (bicyclic) bond motifs is 1. The van der Waals surface area contributed by atoms with E-state index in [2.05, 4.69) is 48.8 Å². The minimum atomic E-state index is -5.10. The molecule has 2 N–H and O–H groups in total. The summed E-state index contributed by atoms with van der Waals surface area (Å²) in [5.74, 6) is -1.44. The number of ether oxygens (including phenoxy) is 2. The van der Waals surface area contributed by atoms with Gasteiger partial charge in [-0.1, -0.05) is 6.58 Å². The summed E-state index contributed by atoms with van der Waals surface area (Å²) in [6.45, 7) is 6.95. The number of halogens is 6. The zero-order valence-electron chi connectivity index (χ0n) is 28.6. The monoisotopic (exact) mass is 741 g/mol. The van der Waals surface area contributed by atoms with Crippen LogP contribution in [0.3, 0.4) is 0 Å². The first-order chi connectivity index (χ1) is 24.7. The van der Waals surface area contributed by atoms with E-state index >= 15 is 0 Å². The third-order valence-corrected chi connectivity index (χ3v) is 9.71. The number of alkyl halides is 6. The van der Waals surface area contributed by atoms with E-state index in [4.69, 9.17) is 4.74 Å². The molecule has 1 aromatic carbocycles. The van der Waals surface area contributed by atoms with Crippen molar-refractivity contribution in [3.05, 3.63) is 36.5 Å². The lowest BCUT2D eigenvalue weighted by atomic mass is 10.0. The molecule has 284 valence electrons. The number of aromatic nitrogens is 2. The van der Waals surface area contributed by atoms with Crippen molar-refractivity contribution >= 4 is 40.8 Å². The van der Waals surface area contributed by atoms with Gasteiger partial charge in [-0.15, -0.1) is 13.2 Å². The maximum Gasteiger partial charge on any atom is 0.573 e. The van der Waals surface area contributed by atoms with E-state index in [-0.39, 0.29) is 41.9 Å². The zero-order chi connectivity index (χ0) is 37.2. The molecular formula is C33H41F6N9O4. The Hall–Kier alpha value is -4.36. The number of anilines is 5. The van der Waals surface area contributed by atoms with E-state index in [1.165, 1.54) is 23.2 Å². The molecule has 4 aliphatic rings. The van der Waals surface area contributed by atoms with Crippen LogP contribution in [0.15, 0.2) is 31.0 Å². The largest absolute Gasteiger partial charge is 0.573 e. The summed E-state index contributed by atoms with van der Waals surface area (Å²) in [4.78, 5) is 43.1. The molecule has 4 aliphatic heterocycles. The van der Waals surface area contributed by atoms with E-state index in [9.17, 15) is 35.9 Å². The van der Waals surface area contributed by atoms with Crippen LogP contribution < -0.4 is 25.2 Å². The molecule has 0 spiro atoms. The lowest BCUT2D eigenvalue weighted by Crippen LogP contribution is -2.55. The molecule has 3 saturated heterocycles. The number of benzene rings is 1. The van der Waals surface area contributed by atoms with Crippen LogP contribution in [-0.4, -0.2) is 127 Å². The quantitative estimate of drug-likeness (QED) is 0.270. The summed E-state index contributed by atoms with van der Waals surface area (Å²) in [6, 6.07) is 1.34. The standard InChI is InChI=1S/C33H41F6N9O4/c1-3-28(49)41-24-16-25(27(52-33(37,38)39)17-26(24)46-8-4-22(5-9-46)45-12-10-44(2)11-13-45)42-30-40-18-21-19-47(20-32(34,35)36)31(50)48(29(21)43-30)23-6-14-51-15-7-23/h3,16-18,22-23H,1,4-15,19-20H2,2H3,(H,41,49)(H,40,42,43). The van der Waals surface area contributed by atoms with Crippen LogP contribution in [0.5, 0.6) is 5.75 Å². The van der Waals surface area contributed by atoms with Crippen molar-refractivity contribution in [1.82, 2.24) is 24.7 Å². The Morgan fingerprint density at radius 3 is 2.33 bits per heavy atom. The Balaban J connectivity index is 1.32. The summed E-state index contributed by atoms with van der Waals surface area (Å²) in [6.07, 6.45) is -5.29. The normalized spacial score (nSPS) is 20.1. The molecule has 0 radical (unpaired) electrons. The molecule has 19 heteroatoms. The van der Waals surface area contributed by atoms with Crippen molar-refractivity contribution in [2.75, 3.05) is 86.5 Å². The van der Waals surface area contributed by atoms with Crippen LogP contribution in [0.1, 0.15) is 31.2 Å². The van der Waals surface area contributed by atoms with Crippen LogP contribution in [0, 0.1) is 0 Å². The summed E-state index contributed by atoms with van der Waals surface area (Å²) in [5.41, 5.74) is 0.456. The van der Waals surface area contributed by atoms with Crippen LogP contribution in [0.4, 0.5) is 60.0 Å². The summed E-state index contributed by atoms with van der Waals surface area (Å²) < 4.78 is 91.6. The van der Waals surface area contributed by atoms with Gasteiger partial charge in [0, 0.05) is 82.4 Å². The first-order valence-electron chi connectivity index (χ1n) is 17.1. The lowest BCUT2D eigenvalue weighted by Gasteiger charge is -2.43. The maximum atomic E-state index is 13.8. The molecule has 52 heavy (non-hydrogen) atoms. The molecule has 2 aromatic rings. The van der Waals surface area contributed by atoms with Gasteiger partial charge >= 0.3 is 18.6 Å². The highest BCUT2D eigenvalue weighted by molar-refractivity contribution is 6.02. The highest BCUT2D eigenvalue weighted by Crippen LogP contribution is 2.42. The second-order valence-corrected chi connectivity index (χ2v) is 13.3. The number of piperazine rings is 1. The van der Waals surface area contributed by atoms with E-state index in [0.29, 0.717) is 42.6 Å². The van der Waals surface area contributed by atoms with Crippen molar-refractivity contribution in [3.63, 3.8) is 0 Å². The second-order valence-electron chi connectivity index (χ2n) is 13.3. The van der Waals surface area contributed by atoms with Gasteiger partial charge in [0.2, 0.25) is 11.9 Å². The van der Waals surface area contributed by atoms with Gasteiger partial charge in [-0.05, 0) is 44.9 Å². The molecule has 0 atom stereocenters. The Bertz CT molecular complexity index is 1620. The van der Waals surface area contributed by atoms with Crippen molar-refractivity contribution in [3.8, 4) is 5.75 Å². The molecule has 0 aliphatic carbocycles. The third kappa shape index (κ3) is 8.98. The minimum Gasteiger partial charge on any atom is -0.403 e. The molecule has 6 rings (SSSR count). The Labute approximate surface area is 296 Å². The number of urea groups is 1. The molecule has 0 saturated carbocycles. The average Bonchev–Trinajstić information content (AvgIpc) is 3.09. The average molecular weight is 742 g/mol. The molecule has 0 bridgehead atoms. The molecule has 1 aromatic heterocycles. The first kappa shape index (κ1) is 37.4. The highest BCUT2D eigenvalue weighted by atomic mass is 19.4. The predicted octanol–water partition coefficient (Wildman–Crippen LogP) is 4.94. The van der Waals surface area contributed by atoms with Gasteiger partial charge in [0.25, 0.3) is 0 Å². The van der Waals surface area contributed by atoms with E-state index in [0.717, 1.165) is 45.1 Å². The van der Waals surface area contributed by atoms with Crippen LogP contribution >= 0.6 is 0 Å². The fourth-order valence-electron chi connectivity index (χ4n) is 7.11. The number of nitrogens with zero attached hydrogens (tertiary/aromatic N) is 7. The number of carbonyl (C=O) groups excluding carboxylic acids is 2. The van der Waals surface area contributed by atoms with Crippen molar-refractivity contribution in [2.24, 2.45) is 0 Å². The number of likely N-dealkylation sites (N-methyl/N-ethyl adjacent to an activating group) is 1. The molecular weight excluding hydrogens is 700 g/mol. The minimum absolute atomic E-state index is 0.0335. The molecule has 5 heterocycles. The Morgan fingerprint density at radius 1 is 1.00 bits per heavy atom. The van der Waals surface area contributed by atoms with Gasteiger partial charge in [-0.2, -0.15) is 18.2 Å². The van der Waals surface area contributed by atoms with Gasteiger partial charge in [-0.3, -0.25) is 14.6 Å². The topological polar surface area (TPSA) is 119 Å². The number of nitrogens with one attached hydrogen (secondary N) is 2. The third-order valence-electron chi connectivity index (χ3n) is 9.71. The van der Waals surface area contributed by atoms with E-state index < -0.39 is 49.4 Å². The highest BCUT2D eigenvalue weighted by Gasteiger charge is 2.42. The Kier molecular flexibility index (Phi) is 11.0. The fourth-order valence-corrected chi connectivity index (χ4v) is 7.11. The van der Waals surface area contributed by atoms with Gasteiger partial charge in [0.1, 0.15) is 12.4 Å². The number of rotatable bonds is 9. The number of amides is 3. The van der Waals surface area contributed by atoms with E-state index in [1.54, 1.807) is 0 Å². The van der Waals surface area contributed by atoms with Gasteiger partial charge < -0.3 is 34.8 Å². The van der Waals surface area contributed by atoms with E-state index in [1.807, 2.05) is 4.90 Å². The summed E-state index contributed by atoms with van der Waals surface area (Å²) in [7, 11) is 2.08. The lowest BCUT2D eigenvalue weighted by molar-refractivity contribution is -0.274. The number of piperidine rings is 1. The van der Waals surface area contributed by atoms with Crippen LogP contribution in [0.2, 0.25) is 0 Å².